The molecule has 0 saturated heterocycles. The third-order valence-corrected chi connectivity index (χ3v) is 7.28. The number of aryl methyl sites for hydroxylation is 1. The Kier molecular flexibility index (Phi) is 17.3. The molecule has 0 aliphatic carbocycles. The Hall–Kier alpha value is -1.29. The normalized spacial score (nSPS) is 14.8. The number of ether oxygens (including phenoxy) is 1. The van der Waals surface area contributed by atoms with Crippen LogP contribution in [0.1, 0.15) is 123 Å². The van der Waals surface area contributed by atoms with Gasteiger partial charge in [0.2, 0.25) is 0 Å². The van der Waals surface area contributed by atoms with E-state index in [1.807, 2.05) is 14.0 Å². The Labute approximate surface area is 248 Å². The summed E-state index contributed by atoms with van der Waals surface area (Å²) in [6.07, 6.45) is 12.7. The van der Waals surface area contributed by atoms with E-state index in [1.165, 1.54) is 51.4 Å². The van der Waals surface area contributed by atoms with Gasteiger partial charge in [0.15, 0.2) is 5.75 Å². The Morgan fingerprint density at radius 3 is 2.00 bits per heavy atom. The zero-order valence-electron chi connectivity index (χ0n) is 25.8. The second-order valence-electron chi connectivity index (χ2n) is 12.2. The van der Waals surface area contributed by atoms with Gasteiger partial charge in [-0.25, -0.2) is 4.98 Å². The molecular formula is C33H55IN2O2. The molecule has 0 amide bonds. The summed E-state index contributed by atoms with van der Waals surface area (Å²) in [5.41, 5.74) is 2.68. The van der Waals surface area contributed by atoms with Gasteiger partial charge in [-0.2, -0.15) is 0 Å². The van der Waals surface area contributed by atoms with Crippen LogP contribution in [-0.4, -0.2) is 29.0 Å². The van der Waals surface area contributed by atoms with Crippen LogP contribution in [0.3, 0.4) is 0 Å². The van der Waals surface area contributed by atoms with Crippen molar-refractivity contribution < 1.29 is 9.53 Å². The van der Waals surface area contributed by atoms with Crippen LogP contribution in [0.25, 0.3) is 0 Å². The van der Waals surface area contributed by atoms with Gasteiger partial charge in [0.25, 0.3) is 6.47 Å². The molecule has 0 bridgehead atoms. The summed E-state index contributed by atoms with van der Waals surface area (Å²) in [6.45, 7) is 19.3. The number of carbonyl (C=O) groups is 1. The van der Waals surface area contributed by atoms with Gasteiger partial charge in [-0.1, -0.05) is 134 Å². The molecule has 1 aromatic rings. The molecule has 0 N–H and O–H groups in total. The highest BCUT2D eigenvalue weighted by Crippen LogP contribution is 2.35. The highest BCUT2D eigenvalue weighted by Gasteiger charge is 2.25. The predicted octanol–water partition coefficient (Wildman–Crippen LogP) is 9.17. The topological polar surface area (TPSA) is 42.4 Å². The van der Waals surface area contributed by atoms with Gasteiger partial charge in [-0.05, 0) is 37.5 Å². The Morgan fingerprint density at radius 1 is 0.947 bits per heavy atom. The van der Waals surface area contributed by atoms with Crippen molar-refractivity contribution in [2.75, 3.05) is 18.5 Å². The molecule has 3 atom stereocenters. The molecule has 2 heterocycles. The lowest BCUT2D eigenvalue weighted by molar-refractivity contribution is -0.120. The Bertz CT molecular complexity index is 884. The highest BCUT2D eigenvalue weighted by molar-refractivity contribution is 14.1. The molecule has 1 aliphatic heterocycles. The van der Waals surface area contributed by atoms with Crippen molar-refractivity contribution >= 4 is 34.9 Å². The summed E-state index contributed by atoms with van der Waals surface area (Å²) in [7, 11) is 2.05. The summed E-state index contributed by atoms with van der Waals surface area (Å²) < 4.78 is 6.10. The number of rotatable bonds is 14. The molecule has 1 aliphatic rings. The van der Waals surface area contributed by atoms with Crippen LogP contribution in [-0.2, 0) is 11.2 Å². The summed E-state index contributed by atoms with van der Waals surface area (Å²) >= 11 is 2.34. The zero-order chi connectivity index (χ0) is 28.7. The van der Waals surface area contributed by atoms with Crippen molar-refractivity contribution in [2.24, 2.45) is 23.7 Å². The van der Waals surface area contributed by atoms with Gasteiger partial charge in [0.1, 0.15) is 5.82 Å². The minimum absolute atomic E-state index is 0.320. The fourth-order valence-electron chi connectivity index (χ4n) is 4.99. The second-order valence-corrected chi connectivity index (χ2v) is 14.7. The first-order chi connectivity index (χ1) is 18.0. The standard InChI is InChI=1S/C30H48N2O2.C3H7I/c1-22(2)11-8-12-23(3)13-9-14-24(4)15-10-16-25(5)17-18-27-28-19-20-32(7)30(28)31-26(6)29(27)34-21-33;1-3(2)4/h21-25H,8-16,19-20H2,1-7H3;3H,1-2H3/t23-,24-,25?;/m1./s1. The Morgan fingerprint density at radius 2 is 1.47 bits per heavy atom. The van der Waals surface area contributed by atoms with E-state index < -0.39 is 0 Å². The van der Waals surface area contributed by atoms with Crippen LogP contribution < -0.4 is 9.64 Å². The highest BCUT2D eigenvalue weighted by atomic mass is 127. The molecule has 0 radical (unpaired) electrons. The lowest BCUT2D eigenvalue weighted by atomic mass is 9.91. The van der Waals surface area contributed by atoms with Crippen molar-refractivity contribution in [1.29, 1.82) is 0 Å². The average Bonchev–Trinajstić information content (AvgIpc) is 3.18. The van der Waals surface area contributed by atoms with Crippen molar-refractivity contribution in [3.8, 4) is 17.6 Å². The van der Waals surface area contributed by atoms with E-state index in [4.69, 9.17) is 4.74 Å². The molecule has 38 heavy (non-hydrogen) atoms. The van der Waals surface area contributed by atoms with Gasteiger partial charge in [0, 0.05) is 29.0 Å². The maximum Gasteiger partial charge on any atom is 0.298 e. The fraction of sp³-hybridized carbons (Fsp3) is 0.758. The van der Waals surface area contributed by atoms with E-state index in [-0.39, 0.29) is 0 Å². The number of hydrogen-bond acceptors (Lipinski definition) is 4. The first-order valence-corrected chi connectivity index (χ1v) is 16.2. The smallest absolute Gasteiger partial charge is 0.298 e. The van der Waals surface area contributed by atoms with E-state index in [2.05, 4.69) is 92.8 Å². The third-order valence-electron chi connectivity index (χ3n) is 7.28. The number of hydrogen-bond donors (Lipinski definition) is 0. The average molecular weight is 639 g/mol. The van der Waals surface area contributed by atoms with Crippen LogP contribution in [0.5, 0.6) is 5.75 Å². The molecule has 0 fully saturated rings. The number of alkyl halides is 1. The van der Waals surface area contributed by atoms with Crippen molar-refractivity contribution in [2.45, 2.75) is 124 Å². The molecule has 1 aromatic heterocycles. The third kappa shape index (κ3) is 13.7. The van der Waals surface area contributed by atoms with Crippen LogP contribution >= 0.6 is 22.6 Å². The molecule has 0 aromatic carbocycles. The number of pyridine rings is 1. The SMILES string of the molecule is CC(C)I.Cc1nc2c(c(C#CC(C)CCC[C@H](C)CCC[C@H](C)CCCC(C)C)c1OC=O)CCN2C. The van der Waals surface area contributed by atoms with E-state index in [1.54, 1.807) is 0 Å². The van der Waals surface area contributed by atoms with E-state index >= 15 is 0 Å². The van der Waals surface area contributed by atoms with Crippen molar-refractivity contribution in [3.63, 3.8) is 0 Å². The lowest BCUT2D eigenvalue weighted by Crippen LogP contribution is -2.14. The lowest BCUT2D eigenvalue weighted by Gasteiger charge is -2.15. The molecule has 2 rings (SSSR count). The van der Waals surface area contributed by atoms with Crippen LogP contribution in [0.15, 0.2) is 0 Å². The summed E-state index contributed by atoms with van der Waals surface area (Å²) in [5, 5.41) is 0. The van der Waals surface area contributed by atoms with E-state index in [0.717, 1.165) is 63.7 Å². The van der Waals surface area contributed by atoms with Crippen molar-refractivity contribution in [1.82, 2.24) is 4.98 Å². The molecule has 5 heteroatoms. The first kappa shape index (κ1) is 34.7. The molecule has 0 spiro atoms. The van der Waals surface area contributed by atoms with Gasteiger partial charge in [-0.15, -0.1) is 0 Å². The van der Waals surface area contributed by atoms with Crippen LogP contribution in [0, 0.1) is 42.4 Å². The van der Waals surface area contributed by atoms with Gasteiger partial charge < -0.3 is 9.64 Å². The number of halogens is 1. The number of aromatic nitrogens is 1. The van der Waals surface area contributed by atoms with Crippen LogP contribution in [0.4, 0.5) is 5.82 Å². The van der Waals surface area contributed by atoms with E-state index in [0.29, 0.717) is 18.1 Å². The predicted molar refractivity (Wildman–Crippen MR) is 173 cm³/mol. The number of nitrogens with zero attached hydrogens (tertiary/aromatic N) is 2. The number of carbonyl (C=O) groups excluding carboxylic acids is 1. The Balaban J connectivity index is 0.00000168. The minimum atomic E-state index is 0.320. The molecule has 1 unspecified atom stereocenters. The number of anilines is 1. The van der Waals surface area contributed by atoms with Gasteiger partial charge >= 0.3 is 0 Å². The quantitative estimate of drug-likeness (QED) is 0.0882. The van der Waals surface area contributed by atoms with Gasteiger partial charge in [-0.3, -0.25) is 4.79 Å². The maximum atomic E-state index is 11.1. The summed E-state index contributed by atoms with van der Waals surface area (Å²) in [4.78, 5) is 17.9. The molecular weight excluding hydrogens is 583 g/mol. The fourth-order valence-corrected chi connectivity index (χ4v) is 4.99. The number of fused-ring (bicyclic) bond motifs is 1. The van der Waals surface area contributed by atoms with Crippen molar-refractivity contribution in [3.05, 3.63) is 16.8 Å². The molecule has 4 nitrogen and oxygen atoms in total. The monoisotopic (exact) mass is 638 g/mol. The number of likely N-dealkylation sites (N-methyl/N-ethyl adjacent to an activating group) is 1. The molecule has 216 valence electrons. The minimum Gasteiger partial charge on any atom is -0.425 e. The summed E-state index contributed by atoms with van der Waals surface area (Å²) in [6, 6.07) is 0. The van der Waals surface area contributed by atoms with Gasteiger partial charge in [0.05, 0.1) is 11.3 Å². The second kappa shape index (κ2) is 18.9. The van der Waals surface area contributed by atoms with E-state index in [9.17, 15) is 4.79 Å². The first-order valence-electron chi connectivity index (χ1n) is 15.0. The zero-order valence-corrected chi connectivity index (χ0v) is 28.0. The molecule has 0 saturated carbocycles. The van der Waals surface area contributed by atoms with Crippen LogP contribution in [0.2, 0.25) is 0 Å². The summed E-state index contributed by atoms with van der Waals surface area (Å²) in [5.74, 6) is 11.1. The maximum absolute atomic E-state index is 11.1. The largest absolute Gasteiger partial charge is 0.425 e.